The standard InChI is InChI=1S/C33H33N3O6/c1-2-30(37)35-24-10-14-25(15-11-24)41-26-12-8-23-19-27(13-9-22(23)18-26)42-32-16-7-21(20-34-32)17-31(38)36-29-6-4-3-5-28(29)33(39)40/h3-9,12-13,16,18-20,24-25H,2,10-11,14-15,17H2,1H3,(H,35,37)(H,36,38)(H,39,40). The number of nitrogens with one attached hydrogen (secondary N) is 2. The number of benzene rings is 3. The molecule has 2 amide bonds. The number of carbonyl (C=O) groups excluding carboxylic acids is 2. The van der Waals surface area contributed by atoms with Crippen molar-refractivity contribution < 1.29 is 29.0 Å². The molecule has 1 heterocycles. The smallest absolute Gasteiger partial charge is 0.337 e. The minimum absolute atomic E-state index is 0.0318. The number of ether oxygens (including phenoxy) is 2. The maximum absolute atomic E-state index is 12.5. The van der Waals surface area contributed by atoms with Crippen molar-refractivity contribution in [2.75, 3.05) is 5.32 Å². The number of hydrogen-bond acceptors (Lipinski definition) is 6. The van der Waals surface area contributed by atoms with Crippen molar-refractivity contribution in [3.8, 4) is 17.4 Å². The molecule has 216 valence electrons. The predicted octanol–water partition coefficient (Wildman–Crippen LogP) is 6.12. The molecule has 0 radical (unpaired) electrons. The summed E-state index contributed by atoms with van der Waals surface area (Å²) < 4.78 is 12.2. The molecule has 1 saturated carbocycles. The number of hydrogen-bond donors (Lipinski definition) is 3. The van der Waals surface area contributed by atoms with Gasteiger partial charge in [-0.05, 0) is 78.4 Å². The van der Waals surface area contributed by atoms with E-state index >= 15 is 0 Å². The number of rotatable bonds is 10. The number of pyridine rings is 1. The van der Waals surface area contributed by atoms with E-state index in [4.69, 9.17) is 9.47 Å². The van der Waals surface area contributed by atoms with Crippen LogP contribution in [0.15, 0.2) is 79.0 Å². The zero-order valence-electron chi connectivity index (χ0n) is 23.3. The maximum Gasteiger partial charge on any atom is 0.337 e. The number of para-hydroxylation sites is 1. The van der Waals surface area contributed by atoms with Crippen LogP contribution in [-0.4, -0.2) is 40.0 Å². The lowest BCUT2D eigenvalue weighted by atomic mass is 9.93. The third kappa shape index (κ3) is 7.42. The number of nitrogens with zero attached hydrogens (tertiary/aromatic N) is 1. The molecule has 1 aromatic heterocycles. The lowest BCUT2D eigenvalue weighted by Crippen LogP contribution is -2.39. The highest BCUT2D eigenvalue weighted by atomic mass is 16.5. The van der Waals surface area contributed by atoms with Gasteiger partial charge >= 0.3 is 5.97 Å². The topological polar surface area (TPSA) is 127 Å². The first-order valence-electron chi connectivity index (χ1n) is 14.1. The van der Waals surface area contributed by atoms with Crippen LogP contribution in [0.25, 0.3) is 10.8 Å². The van der Waals surface area contributed by atoms with E-state index in [0.717, 1.165) is 42.2 Å². The molecule has 4 aromatic rings. The molecular formula is C33H33N3O6. The van der Waals surface area contributed by atoms with Crippen LogP contribution in [0.2, 0.25) is 0 Å². The van der Waals surface area contributed by atoms with Gasteiger partial charge in [-0.15, -0.1) is 0 Å². The van der Waals surface area contributed by atoms with Crippen molar-refractivity contribution in [2.24, 2.45) is 0 Å². The zero-order valence-corrected chi connectivity index (χ0v) is 23.3. The molecule has 0 atom stereocenters. The summed E-state index contributed by atoms with van der Waals surface area (Å²) in [5.74, 6) is 0.500. The first-order chi connectivity index (χ1) is 20.4. The van der Waals surface area contributed by atoms with Gasteiger partial charge in [0.05, 0.1) is 23.8 Å². The van der Waals surface area contributed by atoms with Crippen LogP contribution in [-0.2, 0) is 16.0 Å². The summed E-state index contributed by atoms with van der Waals surface area (Å²) in [6.45, 7) is 1.87. The second kappa shape index (κ2) is 13.2. The largest absolute Gasteiger partial charge is 0.490 e. The van der Waals surface area contributed by atoms with Gasteiger partial charge in [-0.1, -0.05) is 37.3 Å². The number of carboxylic acids is 1. The van der Waals surface area contributed by atoms with Gasteiger partial charge in [-0.3, -0.25) is 9.59 Å². The third-order valence-electron chi connectivity index (χ3n) is 7.26. The maximum atomic E-state index is 12.5. The lowest BCUT2D eigenvalue weighted by molar-refractivity contribution is -0.121. The third-order valence-corrected chi connectivity index (χ3v) is 7.26. The van der Waals surface area contributed by atoms with Gasteiger partial charge in [0.15, 0.2) is 0 Å². The Morgan fingerprint density at radius 1 is 0.881 bits per heavy atom. The van der Waals surface area contributed by atoms with E-state index < -0.39 is 5.97 Å². The number of carbonyl (C=O) groups is 3. The van der Waals surface area contributed by atoms with E-state index in [0.29, 0.717) is 23.6 Å². The highest BCUT2D eigenvalue weighted by Crippen LogP contribution is 2.30. The first kappa shape index (κ1) is 28.6. The Morgan fingerprint density at radius 3 is 2.29 bits per heavy atom. The van der Waals surface area contributed by atoms with Crippen LogP contribution in [0, 0.1) is 0 Å². The zero-order chi connectivity index (χ0) is 29.5. The normalized spacial score (nSPS) is 16.4. The van der Waals surface area contributed by atoms with Gasteiger partial charge in [-0.2, -0.15) is 0 Å². The highest BCUT2D eigenvalue weighted by molar-refractivity contribution is 6.01. The van der Waals surface area contributed by atoms with Gasteiger partial charge in [0.1, 0.15) is 11.5 Å². The molecule has 3 N–H and O–H groups in total. The van der Waals surface area contributed by atoms with Gasteiger partial charge in [0.2, 0.25) is 17.7 Å². The molecule has 9 heteroatoms. The minimum atomic E-state index is -1.11. The number of anilines is 1. The van der Waals surface area contributed by atoms with Crippen LogP contribution in [0.4, 0.5) is 5.69 Å². The van der Waals surface area contributed by atoms with E-state index in [2.05, 4.69) is 15.6 Å². The number of aromatic nitrogens is 1. The molecule has 5 rings (SSSR count). The van der Waals surface area contributed by atoms with Gasteiger partial charge < -0.3 is 25.2 Å². The fraction of sp³-hybridized carbons (Fsp3) is 0.273. The summed E-state index contributed by atoms with van der Waals surface area (Å²) in [5.41, 5.74) is 0.946. The summed E-state index contributed by atoms with van der Waals surface area (Å²) in [4.78, 5) is 39.8. The van der Waals surface area contributed by atoms with E-state index in [1.807, 2.05) is 43.3 Å². The number of aromatic carboxylic acids is 1. The minimum Gasteiger partial charge on any atom is -0.490 e. The Hall–Kier alpha value is -4.92. The molecular weight excluding hydrogens is 534 g/mol. The Bertz CT molecular complexity index is 1580. The number of carboxylic acid groups (broad SMARTS) is 1. The average Bonchev–Trinajstić information content (AvgIpc) is 2.99. The van der Waals surface area contributed by atoms with E-state index in [-0.39, 0.29) is 41.6 Å². The van der Waals surface area contributed by atoms with Crippen LogP contribution in [0.1, 0.15) is 54.9 Å². The molecule has 1 fully saturated rings. The Morgan fingerprint density at radius 2 is 1.60 bits per heavy atom. The van der Waals surface area contributed by atoms with Crippen molar-refractivity contribution >= 4 is 34.2 Å². The number of amides is 2. The molecule has 9 nitrogen and oxygen atoms in total. The second-order valence-electron chi connectivity index (χ2n) is 10.4. The van der Waals surface area contributed by atoms with Crippen molar-refractivity contribution in [3.05, 3.63) is 90.1 Å². The van der Waals surface area contributed by atoms with Crippen LogP contribution < -0.4 is 20.1 Å². The van der Waals surface area contributed by atoms with Gasteiger partial charge in [0, 0.05) is 24.7 Å². The molecule has 0 aliphatic heterocycles. The lowest BCUT2D eigenvalue weighted by Gasteiger charge is -2.29. The molecule has 42 heavy (non-hydrogen) atoms. The molecule has 1 aliphatic rings. The molecule has 0 spiro atoms. The van der Waals surface area contributed by atoms with Gasteiger partial charge in [0.25, 0.3) is 0 Å². The van der Waals surface area contributed by atoms with Crippen molar-refractivity contribution in [1.29, 1.82) is 0 Å². The second-order valence-corrected chi connectivity index (χ2v) is 10.4. The fourth-order valence-electron chi connectivity index (χ4n) is 5.04. The van der Waals surface area contributed by atoms with Crippen LogP contribution >= 0.6 is 0 Å². The molecule has 1 aliphatic carbocycles. The molecule has 0 unspecified atom stereocenters. The molecule has 0 bridgehead atoms. The monoisotopic (exact) mass is 567 g/mol. The SMILES string of the molecule is CCC(=O)NC1CCC(Oc2ccc3cc(Oc4ccc(CC(=O)Nc5ccccc5C(=O)O)cn4)ccc3c2)CC1. The first-order valence-corrected chi connectivity index (χ1v) is 14.1. The summed E-state index contributed by atoms with van der Waals surface area (Å²) in [6.07, 6.45) is 5.93. The Labute approximate surface area is 243 Å². The summed E-state index contributed by atoms with van der Waals surface area (Å²) >= 11 is 0. The highest BCUT2D eigenvalue weighted by Gasteiger charge is 2.23. The van der Waals surface area contributed by atoms with E-state index in [9.17, 15) is 19.5 Å². The summed E-state index contributed by atoms with van der Waals surface area (Å²) in [5, 5.41) is 17.1. The fourth-order valence-corrected chi connectivity index (χ4v) is 5.04. The average molecular weight is 568 g/mol. The Kier molecular flexibility index (Phi) is 8.96. The quantitative estimate of drug-likeness (QED) is 0.211. The van der Waals surface area contributed by atoms with Crippen LogP contribution in [0.5, 0.6) is 17.4 Å². The summed E-state index contributed by atoms with van der Waals surface area (Å²) in [6, 6.07) is 21.7. The Balaban J connectivity index is 1.14. The predicted molar refractivity (Wildman–Crippen MR) is 159 cm³/mol. The molecule has 3 aromatic carbocycles. The van der Waals surface area contributed by atoms with Crippen molar-refractivity contribution in [2.45, 2.75) is 57.6 Å². The van der Waals surface area contributed by atoms with Gasteiger partial charge in [-0.25, -0.2) is 9.78 Å². The number of fused-ring (bicyclic) bond motifs is 1. The van der Waals surface area contributed by atoms with Crippen LogP contribution in [0.3, 0.4) is 0 Å². The molecule has 0 saturated heterocycles. The van der Waals surface area contributed by atoms with E-state index in [1.54, 1.807) is 36.5 Å². The summed E-state index contributed by atoms with van der Waals surface area (Å²) in [7, 11) is 0. The van der Waals surface area contributed by atoms with E-state index in [1.165, 1.54) is 6.07 Å². The van der Waals surface area contributed by atoms with Crippen molar-refractivity contribution in [3.63, 3.8) is 0 Å². The van der Waals surface area contributed by atoms with Crippen molar-refractivity contribution in [1.82, 2.24) is 10.3 Å².